The maximum Gasteiger partial charge on any atom is 0.0630 e. The van der Waals surface area contributed by atoms with Crippen LogP contribution < -0.4 is 0 Å². The summed E-state index contributed by atoms with van der Waals surface area (Å²) in [7, 11) is 1.65. The van der Waals surface area contributed by atoms with E-state index in [1.54, 1.807) is 7.11 Å². The molecule has 2 atom stereocenters. The zero-order valence-corrected chi connectivity index (χ0v) is 6.13. The van der Waals surface area contributed by atoms with Crippen LogP contribution in [0.3, 0.4) is 0 Å². The number of hydrogen-bond donors (Lipinski definition) is 2. The third kappa shape index (κ3) is 1.36. The Morgan fingerprint density at radius 1 is 1.80 bits per heavy atom. The Morgan fingerprint density at radius 2 is 2.50 bits per heavy atom. The first-order valence-electron chi connectivity index (χ1n) is 3.49. The summed E-state index contributed by atoms with van der Waals surface area (Å²) in [5.74, 6) is 0.0601. The van der Waals surface area contributed by atoms with Gasteiger partial charge in [-0.2, -0.15) is 0 Å². The summed E-state index contributed by atoms with van der Waals surface area (Å²) >= 11 is 0. The molecule has 2 unspecified atom stereocenters. The van der Waals surface area contributed by atoms with E-state index in [-0.39, 0.29) is 18.6 Å². The smallest absolute Gasteiger partial charge is 0.0630 e. The zero-order chi connectivity index (χ0) is 7.56. The first kappa shape index (κ1) is 7.69. The van der Waals surface area contributed by atoms with E-state index in [4.69, 9.17) is 15.3 Å². The van der Waals surface area contributed by atoms with Gasteiger partial charge in [-0.05, 0) is 6.42 Å². The van der Waals surface area contributed by atoms with Gasteiger partial charge in [0.1, 0.15) is 0 Å². The molecule has 1 aliphatic rings. The Balaban J connectivity index is 2.44. The number of aliphatic hydroxyl groups excluding tert-OH is 1. The summed E-state index contributed by atoms with van der Waals surface area (Å²) in [6.45, 7) is 0.0959. The van der Waals surface area contributed by atoms with Crippen molar-refractivity contribution in [2.24, 2.45) is 5.92 Å². The van der Waals surface area contributed by atoms with Gasteiger partial charge >= 0.3 is 0 Å². The SMILES string of the molecule is COC1CC(=N)C(CO)C1. The molecule has 0 aromatic heterocycles. The summed E-state index contributed by atoms with van der Waals surface area (Å²) < 4.78 is 5.06. The molecule has 0 aromatic carbocycles. The summed E-state index contributed by atoms with van der Waals surface area (Å²) in [5, 5.41) is 16.2. The van der Waals surface area contributed by atoms with E-state index in [1.807, 2.05) is 0 Å². The fourth-order valence-corrected chi connectivity index (χ4v) is 1.32. The lowest BCUT2D eigenvalue weighted by Gasteiger charge is -2.05. The third-order valence-corrected chi connectivity index (χ3v) is 2.04. The first-order valence-corrected chi connectivity index (χ1v) is 3.49. The molecular formula is C7H13NO2. The summed E-state index contributed by atoms with van der Waals surface area (Å²) in [4.78, 5) is 0. The monoisotopic (exact) mass is 143 g/mol. The van der Waals surface area contributed by atoms with Crippen LogP contribution in [0.1, 0.15) is 12.8 Å². The second kappa shape index (κ2) is 3.12. The Kier molecular flexibility index (Phi) is 2.40. The average Bonchev–Trinajstić information content (AvgIpc) is 2.30. The molecule has 1 rings (SSSR count). The second-order valence-corrected chi connectivity index (χ2v) is 2.70. The maximum absolute atomic E-state index is 8.75. The normalized spacial score (nSPS) is 33.2. The van der Waals surface area contributed by atoms with Crippen molar-refractivity contribution in [2.75, 3.05) is 13.7 Å². The number of aliphatic hydroxyl groups is 1. The lowest BCUT2D eigenvalue weighted by molar-refractivity contribution is 0.101. The lowest BCUT2D eigenvalue weighted by atomic mass is 10.1. The minimum atomic E-state index is 0.0601. The highest BCUT2D eigenvalue weighted by Gasteiger charge is 2.28. The Morgan fingerprint density at radius 3 is 2.80 bits per heavy atom. The van der Waals surface area contributed by atoms with Crippen LogP contribution in [0.15, 0.2) is 0 Å². The van der Waals surface area contributed by atoms with Crippen LogP contribution >= 0.6 is 0 Å². The van der Waals surface area contributed by atoms with Gasteiger partial charge in [0.05, 0.1) is 12.7 Å². The van der Waals surface area contributed by atoms with Crippen LogP contribution in [0.25, 0.3) is 0 Å². The molecule has 2 N–H and O–H groups in total. The first-order chi connectivity index (χ1) is 4.77. The van der Waals surface area contributed by atoms with E-state index in [9.17, 15) is 0 Å². The van der Waals surface area contributed by atoms with E-state index in [0.717, 1.165) is 6.42 Å². The quantitative estimate of drug-likeness (QED) is 0.588. The molecule has 0 heterocycles. The molecule has 0 aromatic rings. The highest BCUT2D eigenvalue weighted by atomic mass is 16.5. The Labute approximate surface area is 60.5 Å². The highest BCUT2D eigenvalue weighted by Crippen LogP contribution is 2.23. The molecule has 10 heavy (non-hydrogen) atoms. The molecule has 0 aliphatic heterocycles. The molecule has 3 heteroatoms. The van der Waals surface area contributed by atoms with E-state index in [2.05, 4.69) is 0 Å². The predicted molar refractivity (Wildman–Crippen MR) is 38.3 cm³/mol. The van der Waals surface area contributed by atoms with Gasteiger partial charge in [0.25, 0.3) is 0 Å². The molecule has 1 aliphatic carbocycles. The Hall–Kier alpha value is -0.410. The molecule has 0 amide bonds. The summed E-state index contributed by atoms with van der Waals surface area (Å²) in [5.41, 5.74) is 0.634. The number of hydrogen-bond acceptors (Lipinski definition) is 3. The van der Waals surface area contributed by atoms with Crippen molar-refractivity contribution in [1.29, 1.82) is 5.41 Å². The summed E-state index contributed by atoms with van der Waals surface area (Å²) in [6.07, 6.45) is 1.68. The van der Waals surface area contributed by atoms with Crippen LogP contribution in [-0.2, 0) is 4.74 Å². The van der Waals surface area contributed by atoms with Crippen molar-refractivity contribution in [1.82, 2.24) is 0 Å². The predicted octanol–water partition coefficient (Wildman–Crippen LogP) is 0.423. The molecule has 1 saturated carbocycles. The fourth-order valence-electron chi connectivity index (χ4n) is 1.32. The number of rotatable bonds is 2. The third-order valence-electron chi connectivity index (χ3n) is 2.04. The minimum absolute atomic E-state index is 0.0601. The highest BCUT2D eigenvalue weighted by molar-refractivity contribution is 5.86. The number of methoxy groups -OCH3 is 1. The van der Waals surface area contributed by atoms with Gasteiger partial charge in [-0.25, -0.2) is 0 Å². The van der Waals surface area contributed by atoms with Crippen molar-refractivity contribution in [3.05, 3.63) is 0 Å². The van der Waals surface area contributed by atoms with Gasteiger partial charge in [0, 0.05) is 25.2 Å². The molecule has 0 saturated heterocycles. The van der Waals surface area contributed by atoms with Crippen LogP contribution in [0.2, 0.25) is 0 Å². The van der Waals surface area contributed by atoms with Crippen molar-refractivity contribution < 1.29 is 9.84 Å². The van der Waals surface area contributed by atoms with E-state index >= 15 is 0 Å². The van der Waals surface area contributed by atoms with Crippen LogP contribution in [-0.4, -0.2) is 30.6 Å². The molecule has 58 valence electrons. The lowest BCUT2D eigenvalue weighted by Crippen LogP contribution is -2.09. The largest absolute Gasteiger partial charge is 0.396 e. The molecule has 0 radical (unpaired) electrons. The van der Waals surface area contributed by atoms with Gasteiger partial charge in [-0.1, -0.05) is 0 Å². The molecular weight excluding hydrogens is 130 g/mol. The van der Waals surface area contributed by atoms with Gasteiger partial charge < -0.3 is 15.3 Å². The average molecular weight is 143 g/mol. The summed E-state index contributed by atoms with van der Waals surface area (Å²) in [6, 6.07) is 0. The van der Waals surface area contributed by atoms with Gasteiger partial charge in [-0.15, -0.1) is 0 Å². The van der Waals surface area contributed by atoms with Crippen molar-refractivity contribution >= 4 is 5.71 Å². The second-order valence-electron chi connectivity index (χ2n) is 2.70. The topological polar surface area (TPSA) is 53.3 Å². The minimum Gasteiger partial charge on any atom is -0.396 e. The van der Waals surface area contributed by atoms with Gasteiger partial charge in [-0.3, -0.25) is 0 Å². The number of ether oxygens (including phenoxy) is 1. The molecule has 3 nitrogen and oxygen atoms in total. The van der Waals surface area contributed by atoms with E-state index in [0.29, 0.717) is 12.1 Å². The van der Waals surface area contributed by atoms with Gasteiger partial charge in [0.15, 0.2) is 0 Å². The van der Waals surface area contributed by atoms with Crippen molar-refractivity contribution in [3.8, 4) is 0 Å². The van der Waals surface area contributed by atoms with Crippen LogP contribution in [0, 0.1) is 11.3 Å². The van der Waals surface area contributed by atoms with Crippen LogP contribution in [0.4, 0.5) is 0 Å². The molecule has 0 spiro atoms. The van der Waals surface area contributed by atoms with Crippen molar-refractivity contribution in [3.63, 3.8) is 0 Å². The van der Waals surface area contributed by atoms with Crippen molar-refractivity contribution in [2.45, 2.75) is 18.9 Å². The molecule has 1 fully saturated rings. The fraction of sp³-hybridized carbons (Fsp3) is 0.857. The number of nitrogens with one attached hydrogen (secondary N) is 1. The van der Waals surface area contributed by atoms with Crippen LogP contribution in [0.5, 0.6) is 0 Å². The van der Waals surface area contributed by atoms with Gasteiger partial charge in [0.2, 0.25) is 0 Å². The molecule has 0 bridgehead atoms. The van der Waals surface area contributed by atoms with E-state index < -0.39 is 0 Å². The standard InChI is InChI=1S/C7H13NO2/c1-10-6-2-5(4-9)7(8)3-6/h5-6,8-9H,2-4H2,1H3. The maximum atomic E-state index is 8.75. The van der Waals surface area contributed by atoms with E-state index in [1.165, 1.54) is 0 Å². The Bertz CT molecular complexity index is 136. The zero-order valence-electron chi connectivity index (χ0n) is 6.13.